The van der Waals surface area contributed by atoms with Gasteiger partial charge in [-0.25, -0.2) is 0 Å². The van der Waals surface area contributed by atoms with Crippen molar-refractivity contribution in [2.75, 3.05) is 20.1 Å². The summed E-state index contributed by atoms with van der Waals surface area (Å²) in [7, 11) is 2.04. The van der Waals surface area contributed by atoms with E-state index in [-0.39, 0.29) is 5.54 Å². The maximum Gasteiger partial charge on any atom is 0.0603 e. The van der Waals surface area contributed by atoms with Crippen molar-refractivity contribution in [3.8, 4) is 0 Å². The van der Waals surface area contributed by atoms with Crippen molar-refractivity contribution in [3.05, 3.63) is 0 Å². The minimum absolute atomic E-state index is 0.0191. The molecule has 3 N–H and O–H groups in total. The van der Waals surface area contributed by atoms with E-state index in [1.165, 1.54) is 0 Å². The molecule has 0 radical (unpaired) electrons. The molecular weight excluding hydrogens is 164 g/mol. The molecule has 0 rings (SSSR count). The predicted octanol–water partition coefficient (Wildman–Crippen LogP) is 0.817. The first-order chi connectivity index (χ1) is 5.69. The molecule has 3 nitrogen and oxygen atoms in total. The summed E-state index contributed by atoms with van der Waals surface area (Å²) in [6, 6.07) is 0. The van der Waals surface area contributed by atoms with Crippen LogP contribution >= 0.6 is 0 Å². The van der Waals surface area contributed by atoms with Gasteiger partial charge in [-0.05, 0) is 41.2 Å². The normalized spacial score (nSPS) is 13.8. The molecule has 0 unspecified atom stereocenters. The van der Waals surface area contributed by atoms with Gasteiger partial charge in [-0.1, -0.05) is 0 Å². The molecule has 0 saturated carbocycles. The first-order valence-corrected chi connectivity index (χ1v) is 4.83. The minimum atomic E-state index is -0.584. The zero-order valence-corrected chi connectivity index (χ0v) is 9.59. The first-order valence-electron chi connectivity index (χ1n) is 4.83. The molecule has 0 aliphatic rings. The first kappa shape index (κ1) is 12.9. The second-order valence-corrected chi connectivity index (χ2v) is 5.00. The lowest BCUT2D eigenvalue weighted by Gasteiger charge is -2.35. The summed E-state index contributed by atoms with van der Waals surface area (Å²) in [6.45, 7) is 9.38. The number of nitrogens with two attached hydrogens (primary N) is 1. The Morgan fingerprint density at radius 2 is 1.69 bits per heavy atom. The molecule has 80 valence electrons. The maximum atomic E-state index is 9.55. The van der Waals surface area contributed by atoms with Gasteiger partial charge in [0, 0.05) is 18.6 Å². The third-order valence-corrected chi connectivity index (χ3v) is 2.59. The highest BCUT2D eigenvalue weighted by Gasteiger charge is 2.23. The van der Waals surface area contributed by atoms with E-state index in [0.717, 1.165) is 13.0 Å². The van der Waals surface area contributed by atoms with E-state index < -0.39 is 5.60 Å². The van der Waals surface area contributed by atoms with Crippen LogP contribution < -0.4 is 5.73 Å². The molecule has 0 spiro atoms. The number of rotatable bonds is 5. The summed E-state index contributed by atoms with van der Waals surface area (Å²) in [5.74, 6) is 0. The van der Waals surface area contributed by atoms with E-state index in [9.17, 15) is 5.11 Å². The highest BCUT2D eigenvalue weighted by molar-refractivity contribution is 4.81. The summed E-state index contributed by atoms with van der Waals surface area (Å²) in [5.41, 5.74) is 5.08. The maximum absolute atomic E-state index is 9.55. The highest BCUT2D eigenvalue weighted by atomic mass is 16.3. The van der Waals surface area contributed by atoms with Crippen molar-refractivity contribution in [1.29, 1.82) is 0 Å². The molecule has 0 aromatic heterocycles. The van der Waals surface area contributed by atoms with Gasteiger partial charge in [-0.3, -0.25) is 4.90 Å². The topological polar surface area (TPSA) is 49.5 Å². The molecule has 0 aliphatic carbocycles. The van der Waals surface area contributed by atoms with Crippen molar-refractivity contribution in [1.82, 2.24) is 4.90 Å². The number of hydrogen-bond donors (Lipinski definition) is 2. The van der Waals surface area contributed by atoms with E-state index in [4.69, 9.17) is 5.73 Å². The molecule has 0 saturated heterocycles. The molecule has 13 heavy (non-hydrogen) atoms. The molecular formula is C10H24N2O. The van der Waals surface area contributed by atoms with Crippen LogP contribution in [-0.4, -0.2) is 41.3 Å². The smallest absolute Gasteiger partial charge is 0.0603 e. The molecule has 0 fully saturated rings. The van der Waals surface area contributed by atoms with Gasteiger partial charge in [0.05, 0.1) is 5.60 Å². The second kappa shape index (κ2) is 4.40. The SMILES string of the molecule is CN(CCC(C)(C)O)C(C)(C)CN. The molecule has 0 aromatic rings. The fraction of sp³-hybridized carbons (Fsp3) is 1.00. The number of nitrogens with zero attached hydrogens (tertiary/aromatic N) is 1. The molecule has 0 atom stereocenters. The summed E-state index contributed by atoms with van der Waals surface area (Å²) >= 11 is 0. The van der Waals surface area contributed by atoms with E-state index in [0.29, 0.717) is 6.54 Å². The second-order valence-electron chi connectivity index (χ2n) is 5.00. The summed E-state index contributed by atoms with van der Waals surface area (Å²) in [5, 5.41) is 9.55. The molecule has 3 heteroatoms. The van der Waals surface area contributed by atoms with Crippen LogP contribution in [0, 0.1) is 0 Å². The highest BCUT2D eigenvalue weighted by Crippen LogP contribution is 2.14. The van der Waals surface area contributed by atoms with Gasteiger partial charge >= 0.3 is 0 Å². The summed E-state index contributed by atoms with van der Waals surface area (Å²) in [4.78, 5) is 2.19. The van der Waals surface area contributed by atoms with Crippen LogP contribution in [0.25, 0.3) is 0 Å². The van der Waals surface area contributed by atoms with E-state index >= 15 is 0 Å². The van der Waals surface area contributed by atoms with Crippen molar-refractivity contribution < 1.29 is 5.11 Å². The number of aliphatic hydroxyl groups is 1. The largest absolute Gasteiger partial charge is 0.390 e. The Hall–Kier alpha value is -0.120. The van der Waals surface area contributed by atoms with Crippen molar-refractivity contribution in [2.24, 2.45) is 5.73 Å². The van der Waals surface area contributed by atoms with Gasteiger partial charge in [-0.15, -0.1) is 0 Å². The average Bonchev–Trinajstić information content (AvgIpc) is 1.98. The Labute approximate surface area is 81.9 Å². The van der Waals surface area contributed by atoms with Crippen LogP contribution in [0.15, 0.2) is 0 Å². The Morgan fingerprint density at radius 1 is 1.23 bits per heavy atom. The van der Waals surface area contributed by atoms with Crippen LogP contribution in [0.5, 0.6) is 0 Å². The fourth-order valence-electron chi connectivity index (χ4n) is 0.900. The van der Waals surface area contributed by atoms with Gasteiger partial charge in [0.15, 0.2) is 0 Å². The molecule has 0 heterocycles. The lowest BCUT2D eigenvalue weighted by Crippen LogP contribution is -2.48. The molecule has 0 aliphatic heterocycles. The van der Waals surface area contributed by atoms with Crippen LogP contribution in [0.3, 0.4) is 0 Å². The number of hydrogen-bond acceptors (Lipinski definition) is 3. The van der Waals surface area contributed by atoms with E-state index in [1.807, 2.05) is 20.9 Å². The van der Waals surface area contributed by atoms with Crippen LogP contribution in [-0.2, 0) is 0 Å². The Balaban J connectivity index is 3.95. The average molecular weight is 188 g/mol. The van der Waals surface area contributed by atoms with Crippen LogP contribution in [0.1, 0.15) is 34.1 Å². The standard InChI is InChI=1S/C10H24N2O/c1-9(2,8-11)12(5)7-6-10(3,4)13/h13H,6-8,11H2,1-5H3. The Morgan fingerprint density at radius 3 is 2.00 bits per heavy atom. The van der Waals surface area contributed by atoms with Crippen LogP contribution in [0.2, 0.25) is 0 Å². The summed E-state index contributed by atoms with van der Waals surface area (Å²) in [6.07, 6.45) is 0.771. The molecule has 0 aromatic carbocycles. The zero-order valence-electron chi connectivity index (χ0n) is 9.59. The zero-order chi connectivity index (χ0) is 10.7. The lowest BCUT2D eigenvalue weighted by molar-refractivity contribution is 0.0469. The lowest BCUT2D eigenvalue weighted by atomic mass is 10.0. The third kappa shape index (κ3) is 5.24. The van der Waals surface area contributed by atoms with Gasteiger partial charge in [-0.2, -0.15) is 0 Å². The van der Waals surface area contributed by atoms with Gasteiger partial charge in [0.25, 0.3) is 0 Å². The van der Waals surface area contributed by atoms with Gasteiger partial charge in [0.2, 0.25) is 0 Å². The Bertz CT molecular complexity index is 149. The monoisotopic (exact) mass is 188 g/mol. The molecule has 0 bridgehead atoms. The van der Waals surface area contributed by atoms with E-state index in [1.54, 1.807) is 0 Å². The van der Waals surface area contributed by atoms with E-state index in [2.05, 4.69) is 18.7 Å². The van der Waals surface area contributed by atoms with Crippen LogP contribution in [0.4, 0.5) is 0 Å². The minimum Gasteiger partial charge on any atom is -0.390 e. The quantitative estimate of drug-likeness (QED) is 0.671. The molecule has 0 amide bonds. The third-order valence-electron chi connectivity index (χ3n) is 2.59. The van der Waals surface area contributed by atoms with Gasteiger partial charge < -0.3 is 10.8 Å². The van der Waals surface area contributed by atoms with Gasteiger partial charge in [0.1, 0.15) is 0 Å². The predicted molar refractivity (Wildman–Crippen MR) is 56.7 cm³/mol. The Kier molecular flexibility index (Phi) is 4.36. The fourth-order valence-corrected chi connectivity index (χ4v) is 0.900. The van der Waals surface area contributed by atoms with Crippen molar-refractivity contribution in [3.63, 3.8) is 0 Å². The summed E-state index contributed by atoms with van der Waals surface area (Å²) < 4.78 is 0. The van der Waals surface area contributed by atoms with Crippen molar-refractivity contribution >= 4 is 0 Å². The number of likely N-dealkylation sites (N-methyl/N-ethyl adjacent to an activating group) is 1. The van der Waals surface area contributed by atoms with Crippen molar-refractivity contribution in [2.45, 2.75) is 45.3 Å².